The van der Waals surface area contributed by atoms with Crippen LogP contribution in [0.5, 0.6) is 0 Å². The number of nitrogens with zero attached hydrogens (tertiary/aromatic N) is 1. The summed E-state index contributed by atoms with van der Waals surface area (Å²) in [6.45, 7) is 5.84. The molecule has 0 aliphatic rings. The minimum Gasteiger partial charge on any atom is -0.350 e. The van der Waals surface area contributed by atoms with Crippen molar-refractivity contribution < 1.29 is 9.59 Å². The molecular formula is C19H21ClN2O2. The maximum Gasteiger partial charge on any atom is 0.240 e. The van der Waals surface area contributed by atoms with Crippen molar-refractivity contribution in [3.05, 3.63) is 64.2 Å². The second-order valence-electron chi connectivity index (χ2n) is 5.78. The van der Waals surface area contributed by atoms with E-state index in [1.807, 2.05) is 44.2 Å². The highest BCUT2D eigenvalue weighted by molar-refractivity contribution is 6.30. The van der Waals surface area contributed by atoms with Gasteiger partial charge in [0.2, 0.25) is 11.8 Å². The van der Waals surface area contributed by atoms with Gasteiger partial charge in [-0.1, -0.05) is 29.8 Å². The van der Waals surface area contributed by atoms with Crippen LogP contribution in [0.15, 0.2) is 42.5 Å². The van der Waals surface area contributed by atoms with Crippen LogP contribution in [0.1, 0.15) is 23.6 Å². The third-order valence-corrected chi connectivity index (χ3v) is 4.14. The Balaban J connectivity index is 2.01. The standard InChI is InChI=1S/C19H21ClN2O2/c1-13-4-9-18(10-14(13)2)22(15(3)23)12-19(24)21-11-16-5-7-17(20)8-6-16/h4-10H,11-12H2,1-3H3,(H,21,24). The first-order valence-corrected chi connectivity index (χ1v) is 8.11. The predicted molar refractivity (Wildman–Crippen MR) is 97.2 cm³/mol. The zero-order valence-corrected chi connectivity index (χ0v) is 14.9. The minimum absolute atomic E-state index is 0.00851. The predicted octanol–water partition coefficient (Wildman–Crippen LogP) is 3.63. The Morgan fingerprint density at radius 3 is 2.29 bits per heavy atom. The van der Waals surface area contributed by atoms with Crippen LogP contribution in [0.4, 0.5) is 5.69 Å². The quantitative estimate of drug-likeness (QED) is 0.900. The van der Waals surface area contributed by atoms with E-state index in [1.165, 1.54) is 11.8 Å². The Kier molecular flexibility index (Phi) is 5.99. The van der Waals surface area contributed by atoms with E-state index in [9.17, 15) is 9.59 Å². The highest BCUT2D eigenvalue weighted by Gasteiger charge is 2.16. The number of hydrogen-bond acceptors (Lipinski definition) is 2. The molecule has 0 fully saturated rings. The molecule has 0 heterocycles. The molecule has 2 aromatic carbocycles. The number of anilines is 1. The molecule has 2 aromatic rings. The lowest BCUT2D eigenvalue weighted by Gasteiger charge is -2.21. The molecule has 1 N–H and O–H groups in total. The van der Waals surface area contributed by atoms with Gasteiger partial charge in [-0.15, -0.1) is 0 Å². The zero-order chi connectivity index (χ0) is 17.7. The Morgan fingerprint density at radius 2 is 1.71 bits per heavy atom. The summed E-state index contributed by atoms with van der Waals surface area (Å²) in [6.07, 6.45) is 0. The molecule has 0 saturated heterocycles. The molecule has 0 aliphatic heterocycles. The minimum atomic E-state index is -0.210. The van der Waals surface area contributed by atoms with E-state index < -0.39 is 0 Å². The van der Waals surface area contributed by atoms with E-state index in [1.54, 1.807) is 12.1 Å². The molecular weight excluding hydrogens is 324 g/mol. The van der Waals surface area contributed by atoms with Gasteiger partial charge in [-0.05, 0) is 54.8 Å². The first-order chi connectivity index (χ1) is 11.4. The van der Waals surface area contributed by atoms with Gasteiger partial charge in [0.15, 0.2) is 0 Å². The zero-order valence-electron chi connectivity index (χ0n) is 14.1. The van der Waals surface area contributed by atoms with Crippen LogP contribution in [0, 0.1) is 13.8 Å². The van der Waals surface area contributed by atoms with E-state index in [0.717, 1.165) is 22.4 Å². The summed E-state index contributed by atoms with van der Waals surface area (Å²) in [7, 11) is 0. The second kappa shape index (κ2) is 7.97. The van der Waals surface area contributed by atoms with Gasteiger partial charge in [0, 0.05) is 24.2 Å². The number of halogens is 1. The molecule has 5 heteroatoms. The largest absolute Gasteiger partial charge is 0.350 e. The fraction of sp³-hybridized carbons (Fsp3) is 0.263. The topological polar surface area (TPSA) is 49.4 Å². The summed E-state index contributed by atoms with van der Waals surface area (Å²) in [4.78, 5) is 25.6. The van der Waals surface area contributed by atoms with Crippen LogP contribution in [0.3, 0.4) is 0 Å². The van der Waals surface area contributed by atoms with Crippen LogP contribution in [0.2, 0.25) is 5.02 Å². The monoisotopic (exact) mass is 344 g/mol. The summed E-state index contributed by atoms with van der Waals surface area (Å²) in [5, 5.41) is 3.48. The molecule has 0 spiro atoms. The van der Waals surface area contributed by atoms with Crippen molar-refractivity contribution in [2.24, 2.45) is 0 Å². The number of rotatable bonds is 5. The number of benzene rings is 2. The molecule has 0 saturated carbocycles. The van der Waals surface area contributed by atoms with Gasteiger partial charge in [-0.2, -0.15) is 0 Å². The molecule has 2 amide bonds. The molecule has 2 rings (SSSR count). The fourth-order valence-electron chi connectivity index (χ4n) is 2.28. The SMILES string of the molecule is CC(=O)N(CC(=O)NCc1ccc(Cl)cc1)c1ccc(C)c(C)c1. The molecule has 0 radical (unpaired) electrons. The lowest BCUT2D eigenvalue weighted by Crippen LogP contribution is -2.39. The van der Waals surface area contributed by atoms with E-state index >= 15 is 0 Å². The van der Waals surface area contributed by atoms with Gasteiger partial charge in [0.05, 0.1) is 0 Å². The van der Waals surface area contributed by atoms with E-state index in [4.69, 9.17) is 11.6 Å². The summed E-state index contributed by atoms with van der Waals surface area (Å²) < 4.78 is 0. The lowest BCUT2D eigenvalue weighted by atomic mass is 10.1. The summed E-state index contributed by atoms with van der Waals surface area (Å²) in [5.74, 6) is -0.377. The fourth-order valence-corrected chi connectivity index (χ4v) is 2.41. The van der Waals surface area contributed by atoms with Crippen molar-refractivity contribution in [3.63, 3.8) is 0 Å². The molecule has 0 atom stereocenters. The highest BCUT2D eigenvalue weighted by Crippen LogP contribution is 2.19. The molecule has 126 valence electrons. The Hall–Kier alpha value is -2.33. The van der Waals surface area contributed by atoms with Crippen LogP contribution in [0.25, 0.3) is 0 Å². The van der Waals surface area contributed by atoms with Gasteiger partial charge in [0.25, 0.3) is 0 Å². The van der Waals surface area contributed by atoms with Gasteiger partial charge < -0.3 is 10.2 Å². The van der Waals surface area contributed by atoms with Crippen LogP contribution < -0.4 is 10.2 Å². The number of nitrogens with one attached hydrogen (secondary N) is 1. The first kappa shape index (κ1) is 18.0. The Morgan fingerprint density at radius 1 is 1.04 bits per heavy atom. The smallest absolute Gasteiger partial charge is 0.240 e. The van der Waals surface area contributed by atoms with Crippen molar-refractivity contribution in [2.75, 3.05) is 11.4 Å². The summed E-state index contributed by atoms with van der Waals surface area (Å²) in [6, 6.07) is 13.0. The van der Waals surface area contributed by atoms with E-state index in [0.29, 0.717) is 11.6 Å². The van der Waals surface area contributed by atoms with Gasteiger partial charge in [-0.3, -0.25) is 9.59 Å². The van der Waals surface area contributed by atoms with E-state index in [2.05, 4.69) is 5.32 Å². The number of hydrogen-bond donors (Lipinski definition) is 1. The van der Waals surface area contributed by atoms with Gasteiger partial charge in [-0.25, -0.2) is 0 Å². The second-order valence-corrected chi connectivity index (χ2v) is 6.21. The van der Waals surface area contributed by atoms with Crippen molar-refractivity contribution in [1.29, 1.82) is 0 Å². The van der Waals surface area contributed by atoms with Crippen molar-refractivity contribution in [1.82, 2.24) is 5.32 Å². The van der Waals surface area contributed by atoms with Gasteiger partial charge >= 0.3 is 0 Å². The Labute approximate surface area is 147 Å². The molecule has 0 aliphatic carbocycles. The number of aryl methyl sites for hydroxylation is 2. The van der Waals surface area contributed by atoms with Gasteiger partial charge in [0.1, 0.15) is 6.54 Å². The van der Waals surface area contributed by atoms with Crippen LogP contribution in [-0.2, 0) is 16.1 Å². The van der Waals surface area contributed by atoms with Crippen molar-refractivity contribution >= 4 is 29.1 Å². The normalized spacial score (nSPS) is 10.3. The molecule has 0 bridgehead atoms. The number of carbonyl (C=O) groups is 2. The van der Waals surface area contributed by atoms with Crippen molar-refractivity contribution in [3.8, 4) is 0 Å². The maximum atomic E-state index is 12.2. The average molecular weight is 345 g/mol. The number of amides is 2. The molecule has 4 nitrogen and oxygen atoms in total. The summed E-state index contributed by atoms with van der Waals surface area (Å²) in [5.41, 5.74) is 3.91. The lowest BCUT2D eigenvalue weighted by molar-refractivity contribution is -0.123. The molecule has 0 aromatic heterocycles. The van der Waals surface area contributed by atoms with Crippen LogP contribution in [-0.4, -0.2) is 18.4 Å². The van der Waals surface area contributed by atoms with Crippen LogP contribution >= 0.6 is 11.6 Å². The van der Waals surface area contributed by atoms with E-state index in [-0.39, 0.29) is 18.4 Å². The Bertz CT molecular complexity index is 742. The first-order valence-electron chi connectivity index (χ1n) is 7.73. The third-order valence-electron chi connectivity index (χ3n) is 3.89. The summed E-state index contributed by atoms with van der Waals surface area (Å²) >= 11 is 5.84. The highest BCUT2D eigenvalue weighted by atomic mass is 35.5. The molecule has 0 unspecified atom stereocenters. The molecule has 24 heavy (non-hydrogen) atoms. The average Bonchev–Trinajstić information content (AvgIpc) is 2.54. The maximum absolute atomic E-state index is 12.2. The van der Waals surface area contributed by atoms with Crippen molar-refractivity contribution in [2.45, 2.75) is 27.3 Å². The number of carbonyl (C=O) groups excluding carboxylic acids is 2. The third kappa shape index (κ3) is 4.83.